The molecule has 0 aliphatic carbocycles. The topological polar surface area (TPSA) is 72.8 Å². The van der Waals surface area contributed by atoms with Crippen molar-refractivity contribution in [1.29, 1.82) is 0 Å². The molecule has 0 rings (SSSR count). The van der Waals surface area contributed by atoms with Crippen molar-refractivity contribution < 1.29 is 24.2 Å². The average Bonchev–Trinajstić information content (AvgIpc) is 2.38. The van der Waals surface area contributed by atoms with Gasteiger partial charge in [-0.2, -0.15) is 0 Å². The lowest BCUT2D eigenvalue weighted by atomic mass is 9.88. The molecule has 0 atom stereocenters. The molecule has 0 unspecified atom stereocenters. The smallest absolute Gasteiger partial charge is 0.330 e. The molecule has 0 aliphatic rings. The van der Waals surface area contributed by atoms with Gasteiger partial charge in [-0.05, 0) is 6.42 Å². The Morgan fingerprint density at radius 3 is 1.82 bits per heavy atom. The molecule has 0 radical (unpaired) electrons. The molecule has 5 heteroatoms. The minimum Gasteiger partial charge on any atom is -0.462 e. The summed E-state index contributed by atoms with van der Waals surface area (Å²) < 4.78 is 9.74. The van der Waals surface area contributed by atoms with E-state index in [1.165, 1.54) is 0 Å². The maximum Gasteiger partial charge on any atom is 0.330 e. The van der Waals surface area contributed by atoms with Gasteiger partial charge in [-0.1, -0.05) is 20.1 Å². The number of esters is 2. The van der Waals surface area contributed by atoms with E-state index in [-0.39, 0.29) is 19.8 Å². The highest BCUT2D eigenvalue weighted by Gasteiger charge is 2.31. The zero-order valence-electron chi connectivity index (χ0n) is 9.98. The molecular weight excluding hydrogens is 224 g/mol. The lowest BCUT2D eigenvalue weighted by Gasteiger charge is -2.28. The van der Waals surface area contributed by atoms with Crippen molar-refractivity contribution in [2.75, 3.05) is 19.8 Å². The van der Waals surface area contributed by atoms with Crippen molar-refractivity contribution in [3.05, 3.63) is 25.3 Å². The molecule has 0 aromatic carbocycles. The second kappa shape index (κ2) is 7.62. The molecule has 0 heterocycles. The van der Waals surface area contributed by atoms with Crippen molar-refractivity contribution >= 4 is 11.9 Å². The molecule has 0 aliphatic heterocycles. The summed E-state index contributed by atoms with van der Waals surface area (Å²) in [5.74, 6) is -1.15. The van der Waals surface area contributed by atoms with Crippen LogP contribution in [0.4, 0.5) is 0 Å². The molecule has 96 valence electrons. The van der Waals surface area contributed by atoms with Crippen LogP contribution in [-0.2, 0) is 19.1 Å². The number of aliphatic hydroxyl groups excluding tert-OH is 1. The maximum absolute atomic E-state index is 10.9. The van der Waals surface area contributed by atoms with Crippen LogP contribution in [0, 0.1) is 5.41 Å². The highest BCUT2D eigenvalue weighted by atomic mass is 16.5. The van der Waals surface area contributed by atoms with Crippen molar-refractivity contribution in [2.45, 2.75) is 13.3 Å². The van der Waals surface area contributed by atoms with Gasteiger partial charge in [0.05, 0.1) is 12.0 Å². The molecular formula is C12H18O5. The number of hydrogen-bond donors (Lipinski definition) is 1. The van der Waals surface area contributed by atoms with E-state index in [1.54, 1.807) is 6.92 Å². The number of rotatable bonds is 8. The standard InChI is InChI=1S/C12H18O5/c1-4-10(14)16-8-12(6-3,7-13)9-17-11(15)5-2/h4-5,13H,1-2,6-9H2,3H3. The van der Waals surface area contributed by atoms with E-state index >= 15 is 0 Å². The first-order valence-electron chi connectivity index (χ1n) is 5.23. The van der Waals surface area contributed by atoms with Crippen molar-refractivity contribution in [1.82, 2.24) is 0 Å². The van der Waals surface area contributed by atoms with Crippen molar-refractivity contribution in [3.8, 4) is 0 Å². The molecule has 1 N–H and O–H groups in total. The zero-order valence-corrected chi connectivity index (χ0v) is 9.98. The normalized spacial score (nSPS) is 10.5. The van der Waals surface area contributed by atoms with Crippen LogP contribution in [0.15, 0.2) is 25.3 Å². The molecule has 0 fully saturated rings. The van der Waals surface area contributed by atoms with Crippen LogP contribution in [0.5, 0.6) is 0 Å². The van der Waals surface area contributed by atoms with Crippen LogP contribution < -0.4 is 0 Å². The first-order valence-corrected chi connectivity index (χ1v) is 5.23. The second-order valence-corrected chi connectivity index (χ2v) is 3.64. The van der Waals surface area contributed by atoms with Gasteiger partial charge < -0.3 is 14.6 Å². The van der Waals surface area contributed by atoms with E-state index in [9.17, 15) is 14.7 Å². The minimum atomic E-state index is -0.780. The number of carbonyl (C=O) groups is 2. The summed E-state index contributed by atoms with van der Waals surface area (Å²) in [5, 5.41) is 9.31. The van der Waals surface area contributed by atoms with Crippen LogP contribution in [0.3, 0.4) is 0 Å². The van der Waals surface area contributed by atoms with Gasteiger partial charge in [0.1, 0.15) is 13.2 Å². The predicted molar refractivity (Wildman–Crippen MR) is 62.1 cm³/mol. The quantitative estimate of drug-likeness (QED) is 0.504. The van der Waals surface area contributed by atoms with E-state index in [1.807, 2.05) is 0 Å². The van der Waals surface area contributed by atoms with Gasteiger partial charge in [-0.15, -0.1) is 0 Å². The Hall–Kier alpha value is -1.62. The fourth-order valence-corrected chi connectivity index (χ4v) is 1.02. The number of aliphatic hydroxyl groups is 1. The summed E-state index contributed by atoms with van der Waals surface area (Å²) in [4.78, 5) is 21.9. The Bertz CT molecular complexity index is 265. The highest BCUT2D eigenvalue weighted by molar-refractivity contribution is 5.81. The fourth-order valence-electron chi connectivity index (χ4n) is 1.02. The summed E-state index contributed by atoms with van der Waals surface area (Å²) in [6.07, 6.45) is 2.57. The monoisotopic (exact) mass is 242 g/mol. The Morgan fingerprint density at radius 1 is 1.18 bits per heavy atom. The van der Waals surface area contributed by atoms with E-state index in [4.69, 9.17) is 9.47 Å². The van der Waals surface area contributed by atoms with Crippen LogP contribution in [-0.4, -0.2) is 36.9 Å². The van der Waals surface area contributed by atoms with Gasteiger partial charge in [-0.3, -0.25) is 0 Å². The summed E-state index contributed by atoms with van der Waals surface area (Å²) in [6.45, 7) is 8.02. The van der Waals surface area contributed by atoms with Crippen LogP contribution in [0.2, 0.25) is 0 Å². The third kappa shape index (κ3) is 5.31. The number of hydrogen-bond acceptors (Lipinski definition) is 5. The number of carbonyl (C=O) groups excluding carboxylic acids is 2. The van der Waals surface area contributed by atoms with E-state index < -0.39 is 17.4 Å². The Labute approximate surface area is 101 Å². The number of ether oxygens (including phenoxy) is 2. The maximum atomic E-state index is 10.9. The zero-order chi connectivity index (χ0) is 13.3. The molecule has 5 nitrogen and oxygen atoms in total. The summed E-state index contributed by atoms with van der Waals surface area (Å²) >= 11 is 0. The van der Waals surface area contributed by atoms with E-state index in [0.29, 0.717) is 6.42 Å². The molecule has 0 spiro atoms. The molecule has 17 heavy (non-hydrogen) atoms. The molecule has 0 aromatic heterocycles. The minimum absolute atomic E-state index is 0.0325. The molecule has 0 bridgehead atoms. The van der Waals surface area contributed by atoms with Crippen molar-refractivity contribution in [3.63, 3.8) is 0 Å². The first kappa shape index (κ1) is 15.4. The Kier molecular flexibility index (Phi) is 6.89. The Morgan fingerprint density at radius 2 is 1.59 bits per heavy atom. The van der Waals surface area contributed by atoms with Crippen molar-refractivity contribution in [2.24, 2.45) is 5.41 Å². The molecule has 0 saturated carbocycles. The van der Waals surface area contributed by atoms with Crippen LogP contribution >= 0.6 is 0 Å². The van der Waals surface area contributed by atoms with Crippen LogP contribution in [0.25, 0.3) is 0 Å². The first-order chi connectivity index (χ1) is 8.03. The molecule has 0 amide bonds. The van der Waals surface area contributed by atoms with Gasteiger partial charge in [0.2, 0.25) is 0 Å². The summed E-state index contributed by atoms with van der Waals surface area (Å²) in [6, 6.07) is 0. The largest absolute Gasteiger partial charge is 0.462 e. The third-order valence-corrected chi connectivity index (χ3v) is 2.46. The van der Waals surface area contributed by atoms with Crippen LogP contribution in [0.1, 0.15) is 13.3 Å². The second-order valence-electron chi connectivity index (χ2n) is 3.64. The van der Waals surface area contributed by atoms with E-state index in [0.717, 1.165) is 12.2 Å². The van der Waals surface area contributed by atoms with Gasteiger partial charge in [-0.25, -0.2) is 9.59 Å². The fraction of sp³-hybridized carbons (Fsp3) is 0.500. The summed E-state index contributed by atoms with van der Waals surface area (Å²) in [5.41, 5.74) is -0.780. The predicted octanol–water partition coefficient (Wildman–Crippen LogP) is 0.833. The lowest BCUT2D eigenvalue weighted by Crippen LogP contribution is -2.37. The Balaban J connectivity index is 4.43. The molecule has 0 aromatic rings. The van der Waals surface area contributed by atoms with Gasteiger partial charge in [0.15, 0.2) is 0 Å². The highest BCUT2D eigenvalue weighted by Crippen LogP contribution is 2.22. The average molecular weight is 242 g/mol. The molecule has 0 saturated heterocycles. The lowest BCUT2D eigenvalue weighted by molar-refractivity contribution is -0.150. The van der Waals surface area contributed by atoms with Gasteiger partial charge in [0.25, 0.3) is 0 Å². The summed E-state index contributed by atoms with van der Waals surface area (Å²) in [7, 11) is 0. The van der Waals surface area contributed by atoms with Gasteiger partial charge in [0, 0.05) is 12.2 Å². The third-order valence-electron chi connectivity index (χ3n) is 2.46. The van der Waals surface area contributed by atoms with Gasteiger partial charge >= 0.3 is 11.9 Å². The SMILES string of the molecule is C=CC(=O)OCC(CC)(CO)COC(=O)C=C. The van der Waals surface area contributed by atoms with E-state index in [2.05, 4.69) is 13.2 Å².